The molecule has 0 atom stereocenters. The maximum atomic E-state index is 11.9. The van der Waals surface area contributed by atoms with Gasteiger partial charge in [0, 0.05) is 26.3 Å². The van der Waals surface area contributed by atoms with Gasteiger partial charge in [-0.25, -0.2) is 4.98 Å². The number of fused-ring (bicyclic) bond motifs is 1. The van der Waals surface area contributed by atoms with Crippen molar-refractivity contribution in [2.75, 3.05) is 32.1 Å². The maximum absolute atomic E-state index is 11.9. The molecule has 1 aliphatic heterocycles. The van der Waals surface area contributed by atoms with Crippen LogP contribution in [0, 0.1) is 0 Å². The second kappa shape index (κ2) is 6.31. The first-order valence-electron chi connectivity index (χ1n) is 6.94. The van der Waals surface area contributed by atoms with E-state index in [0.29, 0.717) is 16.5 Å². The van der Waals surface area contributed by atoms with E-state index in [4.69, 9.17) is 5.11 Å². The summed E-state index contributed by atoms with van der Waals surface area (Å²) in [5, 5.41) is 9.44. The van der Waals surface area contributed by atoms with Crippen molar-refractivity contribution in [3.05, 3.63) is 28.1 Å². The molecule has 0 aliphatic carbocycles. The molecule has 0 radical (unpaired) electrons. The standard InChI is InChI=1S/C15H15N3O3S2/c1-17(5-6-19)9-3-4-10-11(7-9)22-13(16-10)8-12-14(20)18(2)15(21)23-12/h3-4,7-8,19H,5-6H2,1-2H3/b12-8-. The Morgan fingerprint density at radius 2 is 2.17 bits per heavy atom. The van der Waals surface area contributed by atoms with Crippen molar-refractivity contribution in [2.45, 2.75) is 0 Å². The normalized spacial score (nSPS) is 16.8. The van der Waals surface area contributed by atoms with E-state index in [-0.39, 0.29) is 17.8 Å². The number of thioether (sulfide) groups is 1. The van der Waals surface area contributed by atoms with Crippen LogP contribution in [0.4, 0.5) is 10.5 Å². The summed E-state index contributed by atoms with van der Waals surface area (Å²) in [5.74, 6) is -0.289. The van der Waals surface area contributed by atoms with Crippen LogP contribution in [0.2, 0.25) is 0 Å². The van der Waals surface area contributed by atoms with Gasteiger partial charge in [0.1, 0.15) is 5.01 Å². The molecule has 2 aromatic rings. The van der Waals surface area contributed by atoms with Gasteiger partial charge in [-0.3, -0.25) is 14.5 Å². The highest BCUT2D eigenvalue weighted by molar-refractivity contribution is 8.18. The van der Waals surface area contributed by atoms with Crippen molar-refractivity contribution < 1.29 is 14.7 Å². The smallest absolute Gasteiger partial charge is 0.293 e. The highest BCUT2D eigenvalue weighted by Gasteiger charge is 2.32. The molecule has 6 nitrogen and oxygen atoms in total. The minimum Gasteiger partial charge on any atom is -0.395 e. The summed E-state index contributed by atoms with van der Waals surface area (Å²) in [6.45, 7) is 0.649. The van der Waals surface area contributed by atoms with Crippen LogP contribution in [0.5, 0.6) is 0 Å². The number of hydrogen-bond acceptors (Lipinski definition) is 7. The van der Waals surface area contributed by atoms with Crippen LogP contribution >= 0.6 is 23.1 Å². The Morgan fingerprint density at radius 1 is 1.39 bits per heavy atom. The summed E-state index contributed by atoms with van der Waals surface area (Å²) in [4.78, 5) is 31.4. The highest BCUT2D eigenvalue weighted by atomic mass is 32.2. The van der Waals surface area contributed by atoms with Crippen molar-refractivity contribution in [2.24, 2.45) is 0 Å². The average Bonchev–Trinajstić information content (AvgIpc) is 3.03. The lowest BCUT2D eigenvalue weighted by Crippen LogP contribution is -2.22. The number of anilines is 1. The molecular formula is C15H15N3O3S2. The Hall–Kier alpha value is -1.90. The van der Waals surface area contributed by atoms with Crippen molar-refractivity contribution in [3.63, 3.8) is 0 Å². The first kappa shape index (κ1) is 16.0. The van der Waals surface area contributed by atoms with Crippen LogP contribution in [0.1, 0.15) is 5.01 Å². The molecule has 23 heavy (non-hydrogen) atoms. The third-order valence-corrected chi connectivity index (χ3v) is 5.43. The minimum atomic E-state index is -0.289. The lowest BCUT2D eigenvalue weighted by molar-refractivity contribution is -0.121. The third-order valence-electron chi connectivity index (χ3n) is 3.51. The monoisotopic (exact) mass is 349 g/mol. The fraction of sp³-hybridized carbons (Fsp3) is 0.267. The van der Waals surface area contributed by atoms with Gasteiger partial charge in [-0.15, -0.1) is 11.3 Å². The first-order chi connectivity index (χ1) is 11.0. The van der Waals surface area contributed by atoms with Crippen molar-refractivity contribution in [1.29, 1.82) is 0 Å². The van der Waals surface area contributed by atoms with Gasteiger partial charge in [0.15, 0.2) is 0 Å². The molecule has 0 spiro atoms. The molecule has 120 valence electrons. The molecule has 1 aliphatic rings. The largest absolute Gasteiger partial charge is 0.395 e. The van der Waals surface area contributed by atoms with Crippen molar-refractivity contribution in [1.82, 2.24) is 9.88 Å². The number of carbonyl (C=O) groups excluding carboxylic acids is 2. The van der Waals surface area contributed by atoms with E-state index in [2.05, 4.69) is 4.98 Å². The molecule has 1 aromatic heterocycles. The predicted octanol–water partition coefficient (Wildman–Crippen LogP) is 2.39. The van der Waals surface area contributed by atoms with Gasteiger partial charge in [0.05, 0.1) is 21.7 Å². The van der Waals surface area contributed by atoms with Gasteiger partial charge in [-0.2, -0.15) is 0 Å². The van der Waals surface area contributed by atoms with Crippen LogP contribution < -0.4 is 4.90 Å². The summed E-state index contributed by atoms with van der Waals surface area (Å²) in [5.41, 5.74) is 1.84. The number of aliphatic hydroxyl groups is 1. The zero-order chi connectivity index (χ0) is 16.6. The van der Waals surface area contributed by atoms with Crippen LogP contribution in [0.3, 0.4) is 0 Å². The number of aliphatic hydroxyl groups excluding tert-OH is 1. The maximum Gasteiger partial charge on any atom is 0.293 e. The molecule has 0 bridgehead atoms. The lowest BCUT2D eigenvalue weighted by Gasteiger charge is -2.17. The fourth-order valence-corrected chi connectivity index (χ4v) is 3.99. The average molecular weight is 349 g/mol. The summed E-state index contributed by atoms with van der Waals surface area (Å²) in [7, 11) is 3.39. The van der Waals surface area contributed by atoms with Crippen LogP contribution in [0.25, 0.3) is 16.3 Å². The molecular weight excluding hydrogens is 334 g/mol. The Kier molecular flexibility index (Phi) is 4.38. The quantitative estimate of drug-likeness (QED) is 0.855. The van der Waals surface area contributed by atoms with Crippen LogP contribution in [-0.4, -0.2) is 53.4 Å². The van der Waals surface area contributed by atoms with E-state index >= 15 is 0 Å². The van der Waals surface area contributed by atoms with Crippen LogP contribution in [-0.2, 0) is 4.79 Å². The number of thiazole rings is 1. The highest BCUT2D eigenvalue weighted by Crippen LogP contribution is 2.33. The van der Waals surface area contributed by atoms with E-state index in [1.165, 1.54) is 18.4 Å². The van der Waals surface area contributed by atoms with Gasteiger partial charge in [-0.1, -0.05) is 0 Å². The second-order valence-corrected chi connectivity index (χ2v) is 7.15. The first-order valence-corrected chi connectivity index (χ1v) is 8.57. The zero-order valence-corrected chi connectivity index (χ0v) is 14.3. The Morgan fingerprint density at radius 3 is 2.83 bits per heavy atom. The summed E-state index contributed by atoms with van der Waals surface area (Å²) in [6.07, 6.45) is 1.66. The molecule has 2 amide bonds. The third kappa shape index (κ3) is 3.10. The zero-order valence-electron chi connectivity index (χ0n) is 12.6. The minimum absolute atomic E-state index is 0.0927. The van der Waals surface area contributed by atoms with Gasteiger partial charge in [0.2, 0.25) is 0 Å². The Bertz CT molecular complexity index is 815. The molecule has 1 N–H and O–H groups in total. The molecule has 0 saturated carbocycles. The SMILES string of the molecule is CN1C(=O)S/C(=C\c2nc3ccc(N(C)CCO)cc3s2)C1=O. The van der Waals surface area contributed by atoms with Gasteiger partial charge >= 0.3 is 0 Å². The number of rotatable bonds is 4. The Balaban J connectivity index is 1.92. The molecule has 8 heteroatoms. The number of benzene rings is 1. The van der Waals surface area contributed by atoms with E-state index in [1.54, 1.807) is 6.08 Å². The van der Waals surface area contributed by atoms with Crippen LogP contribution in [0.15, 0.2) is 23.1 Å². The van der Waals surface area contributed by atoms with Crippen molar-refractivity contribution in [3.8, 4) is 0 Å². The predicted molar refractivity (Wildman–Crippen MR) is 93.7 cm³/mol. The second-order valence-electron chi connectivity index (χ2n) is 5.09. The molecule has 1 saturated heterocycles. The summed E-state index contributed by atoms with van der Waals surface area (Å²) < 4.78 is 0.995. The number of hydrogen-bond donors (Lipinski definition) is 1. The lowest BCUT2D eigenvalue weighted by atomic mass is 10.3. The van der Waals surface area contributed by atoms with E-state index in [0.717, 1.165) is 32.6 Å². The van der Waals surface area contributed by atoms with Gasteiger partial charge in [-0.05, 0) is 36.0 Å². The number of amides is 2. The molecule has 3 rings (SSSR count). The number of carbonyl (C=O) groups is 2. The molecule has 2 heterocycles. The van der Waals surface area contributed by atoms with Gasteiger partial charge < -0.3 is 10.0 Å². The van der Waals surface area contributed by atoms with E-state index < -0.39 is 0 Å². The van der Waals surface area contributed by atoms with E-state index in [9.17, 15) is 9.59 Å². The van der Waals surface area contributed by atoms with Gasteiger partial charge in [0.25, 0.3) is 11.1 Å². The number of aromatic nitrogens is 1. The summed E-state index contributed by atoms with van der Waals surface area (Å²) >= 11 is 2.40. The summed E-state index contributed by atoms with van der Waals surface area (Å²) in [6, 6.07) is 5.87. The Labute approximate surface area is 141 Å². The molecule has 0 unspecified atom stereocenters. The molecule has 1 fully saturated rings. The number of nitrogens with zero attached hydrogens (tertiary/aromatic N) is 3. The fourth-order valence-electron chi connectivity index (χ4n) is 2.17. The topological polar surface area (TPSA) is 73.7 Å². The molecule has 1 aromatic carbocycles. The number of imide groups is 1. The van der Waals surface area contributed by atoms with E-state index in [1.807, 2.05) is 30.1 Å². The van der Waals surface area contributed by atoms with Crippen molar-refractivity contribution >= 4 is 56.2 Å². The number of likely N-dealkylation sites (N-methyl/N-ethyl adjacent to an activating group) is 2.